The topological polar surface area (TPSA) is 55.6 Å². The lowest BCUT2D eigenvalue weighted by Gasteiger charge is -2.16. The van der Waals surface area contributed by atoms with E-state index in [0.29, 0.717) is 5.56 Å². The highest BCUT2D eigenvalue weighted by Gasteiger charge is 2.20. The largest absolute Gasteiger partial charge is 0.497 e. The van der Waals surface area contributed by atoms with Crippen molar-refractivity contribution in [3.63, 3.8) is 0 Å². The number of rotatable bonds is 5. The second-order valence-electron chi connectivity index (χ2n) is 8.00. The summed E-state index contributed by atoms with van der Waals surface area (Å²) in [7, 11) is 1.63. The number of hydrogen-bond donors (Lipinski definition) is 1. The quantitative estimate of drug-likeness (QED) is 0.351. The number of methoxy groups -OCH3 is 1. The fourth-order valence-corrected chi connectivity index (χ4v) is 4.47. The molecule has 1 amide bonds. The normalized spacial score (nSPS) is 13.3. The number of carbonyl (C=O) groups excluding carboxylic acids is 1. The van der Waals surface area contributed by atoms with Crippen molar-refractivity contribution >= 4 is 23.0 Å². The third-order valence-corrected chi connectivity index (χ3v) is 6.06. The van der Waals surface area contributed by atoms with Crippen molar-refractivity contribution in [1.82, 2.24) is 9.99 Å². The molecule has 0 aliphatic heterocycles. The molecule has 1 aromatic heterocycles. The smallest absolute Gasteiger partial charge is 0.271 e. The van der Waals surface area contributed by atoms with Crippen LogP contribution in [-0.2, 0) is 12.8 Å². The minimum Gasteiger partial charge on any atom is -0.497 e. The summed E-state index contributed by atoms with van der Waals surface area (Å²) in [4.78, 5) is 12.5. The average molecular weight is 424 g/mol. The number of carbonyl (C=O) groups is 1. The summed E-state index contributed by atoms with van der Waals surface area (Å²) in [5.41, 5.74) is 9.26. The van der Waals surface area contributed by atoms with Gasteiger partial charge in [-0.15, -0.1) is 0 Å². The first-order valence-electron chi connectivity index (χ1n) is 10.9. The van der Waals surface area contributed by atoms with E-state index in [4.69, 9.17) is 4.74 Å². The molecular weight excluding hydrogens is 398 g/mol. The maximum atomic E-state index is 12.5. The van der Waals surface area contributed by atoms with Gasteiger partial charge < -0.3 is 9.30 Å². The Morgan fingerprint density at radius 1 is 0.969 bits per heavy atom. The Morgan fingerprint density at radius 2 is 1.72 bits per heavy atom. The lowest BCUT2D eigenvalue weighted by molar-refractivity contribution is 0.0955. The number of hydrogen-bond acceptors (Lipinski definition) is 3. The number of hydrazone groups is 1. The molecule has 32 heavy (non-hydrogen) atoms. The number of nitrogens with zero attached hydrogens (tertiary/aromatic N) is 2. The highest BCUT2D eigenvalue weighted by molar-refractivity contribution is 5.95. The van der Waals surface area contributed by atoms with E-state index in [1.165, 1.54) is 35.0 Å². The van der Waals surface area contributed by atoms with Crippen LogP contribution in [0.1, 0.15) is 40.0 Å². The van der Waals surface area contributed by atoms with Gasteiger partial charge in [0, 0.05) is 22.3 Å². The molecule has 4 aromatic rings. The number of amides is 1. The van der Waals surface area contributed by atoms with Crippen LogP contribution in [0.15, 0.2) is 77.9 Å². The van der Waals surface area contributed by atoms with Crippen molar-refractivity contribution in [2.24, 2.45) is 5.10 Å². The molecule has 0 unspecified atom stereocenters. The van der Waals surface area contributed by atoms with Gasteiger partial charge in [-0.05, 0) is 91.4 Å². The molecule has 0 saturated carbocycles. The van der Waals surface area contributed by atoms with Gasteiger partial charge in [-0.2, -0.15) is 5.10 Å². The molecule has 3 aromatic carbocycles. The molecular formula is C27H25N3O2. The van der Waals surface area contributed by atoms with E-state index in [-0.39, 0.29) is 5.91 Å². The minimum atomic E-state index is -0.235. The van der Waals surface area contributed by atoms with Crippen LogP contribution in [0, 0.1) is 0 Å². The van der Waals surface area contributed by atoms with Crippen LogP contribution < -0.4 is 10.2 Å². The Bertz CT molecular complexity index is 1290. The van der Waals surface area contributed by atoms with Crippen LogP contribution in [0.2, 0.25) is 0 Å². The number of benzene rings is 3. The zero-order valence-corrected chi connectivity index (χ0v) is 18.0. The molecule has 5 nitrogen and oxygen atoms in total. The first-order valence-corrected chi connectivity index (χ1v) is 10.9. The van der Waals surface area contributed by atoms with Gasteiger partial charge in [-0.25, -0.2) is 5.43 Å². The number of ether oxygens (including phenoxy) is 1. The fourth-order valence-electron chi connectivity index (χ4n) is 4.47. The van der Waals surface area contributed by atoms with E-state index in [0.717, 1.165) is 29.8 Å². The molecule has 0 atom stereocenters. The van der Waals surface area contributed by atoms with E-state index < -0.39 is 0 Å². The number of aromatic nitrogens is 1. The van der Waals surface area contributed by atoms with Crippen LogP contribution in [-0.4, -0.2) is 23.8 Å². The van der Waals surface area contributed by atoms with Gasteiger partial charge >= 0.3 is 0 Å². The van der Waals surface area contributed by atoms with Crippen molar-refractivity contribution < 1.29 is 9.53 Å². The van der Waals surface area contributed by atoms with E-state index in [1.54, 1.807) is 13.3 Å². The van der Waals surface area contributed by atoms with Crippen molar-refractivity contribution in [3.8, 4) is 11.4 Å². The number of para-hydroxylation sites is 1. The maximum Gasteiger partial charge on any atom is 0.271 e. The van der Waals surface area contributed by atoms with Gasteiger partial charge in [-0.1, -0.05) is 18.2 Å². The molecule has 1 N–H and O–H groups in total. The van der Waals surface area contributed by atoms with Crippen LogP contribution in [0.25, 0.3) is 16.6 Å². The molecule has 0 spiro atoms. The van der Waals surface area contributed by atoms with Crippen LogP contribution in [0.5, 0.6) is 5.75 Å². The third-order valence-electron chi connectivity index (χ3n) is 6.06. The number of nitrogens with one attached hydrogen (secondary N) is 1. The lowest BCUT2D eigenvalue weighted by Crippen LogP contribution is -2.17. The van der Waals surface area contributed by atoms with Gasteiger partial charge in [0.05, 0.1) is 18.8 Å². The van der Waals surface area contributed by atoms with E-state index in [9.17, 15) is 4.79 Å². The van der Waals surface area contributed by atoms with Crippen molar-refractivity contribution in [3.05, 3.63) is 95.2 Å². The highest BCUT2D eigenvalue weighted by atomic mass is 16.5. The maximum absolute atomic E-state index is 12.5. The third kappa shape index (κ3) is 3.78. The van der Waals surface area contributed by atoms with Gasteiger partial charge in [-0.3, -0.25) is 4.79 Å². The highest BCUT2D eigenvalue weighted by Crippen LogP contribution is 2.34. The Balaban J connectivity index is 1.35. The molecule has 0 bridgehead atoms. The molecule has 160 valence electrons. The first-order chi connectivity index (χ1) is 15.7. The van der Waals surface area contributed by atoms with Gasteiger partial charge in [0.1, 0.15) is 5.75 Å². The Labute approximate surface area is 187 Å². The molecule has 1 heterocycles. The predicted molar refractivity (Wildman–Crippen MR) is 128 cm³/mol. The Kier molecular flexibility index (Phi) is 5.46. The van der Waals surface area contributed by atoms with Crippen molar-refractivity contribution in [1.29, 1.82) is 0 Å². The summed E-state index contributed by atoms with van der Waals surface area (Å²) in [5.74, 6) is 0.545. The second kappa shape index (κ2) is 8.71. The zero-order valence-electron chi connectivity index (χ0n) is 18.0. The predicted octanol–water partition coefficient (Wildman–Crippen LogP) is 5.28. The molecule has 0 fully saturated rings. The van der Waals surface area contributed by atoms with Gasteiger partial charge in [0.2, 0.25) is 0 Å². The van der Waals surface area contributed by atoms with E-state index in [2.05, 4.69) is 39.4 Å². The molecule has 5 rings (SSSR count). The number of aryl methyl sites for hydroxylation is 1. The van der Waals surface area contributed by atoms with E-state index >= 15 is 0 Å². The van der Waals surface area contributed by atoms with Gasteiger partial charge in [0.15, 0.2) is 0 Å². The number of fused-ring (bicyclic) bond motifs is 3. The molecule has 1 aliphatic carbocycles. The standard InChI is InChI=1S/C27H25N3O2/c1-32-22-16-10-19(11-17-22)18-28-29-27(31)20-12-14-21(15-13-20)30-25-8-4-2-6-23(25)24-7-3-5-9-26(24)30/h2,4,6,8,10-18H,3,5,7,9H2,1H3,(H,29,31)/b28-18+. The van der Waals surface area contributed by atoms with Crippen LogP contribution in [0.4, 0.5) is 0 Å². The molecule has 5 heteroatoms. The Morgan fingerprint density at radius 3 is 2.50 bits per heavy atom. The van der Waals surface area contributed by atoms with Crippen LogP contribution >= 0.6 is 0 Å². The monoisotopic (exact) mass is 423 g/mol. The van der Waals surface area contributed by atoms with E-state index in [1.807, 2.05) is 48.5 Å². The van der Waals surface area contributed by atoms with Gasteiger partial charge in [0.25, 0.3) is 5.91 Å². The zero-order chi connectivity index (χ0) is 21.9. The Hall–Kier alpha value is -3.86. The SMILES string of the molecule is COc1ccc(/C=N/NC(=O)c2ccc(-n3c4c(c5ccccc53)CCCC4)cc2)cc1. The summed E-state index contributed by atoms with van der Waals surface area (Å²) < 4.78 is 7.50. The fraction of sp³-hybridized carbons (Fsp3) is 0.185. The molecule has 0 radical (unpaired) electrons. The molecule has 1 aliphatic rings. The summed E-state index contributed by atoms with van der Waals surface area (Å²) in [5, 5.41) is 5.42. The summed E-state index contributed by atoms with van der Waals surface area (Å²) in [6.45, 7) is 0. The van der Waals surface area contributed by atoms with Crippen LogP contribution in [0.3, 0.4) is 0 Å². The molecule has 0 saturated heterocycles. The summed E-state index contributed by atoms with van der Waals surface area (Å²) in [6.07, 6.45) is 6.30. The second-order valence-corrected chi connectivity index (χ2v) is 8.00. The summed E-state index contributed by atoms with van der Waals surface area (Å²) >= 11 is 0. The lowest BCUT2D eigenvalue weighted by atomic mass is 9.95. The minimum absolute atomic E-state index is 0.235. The average Bonchev–Trinajstić information content (AvgIpc) is 3.19. The van der Waals surface area contributed by atoms with Crippen molar-refractivity contribution in [2.45, 2.75) is 25.7 Å². The van der Waals surface area contributed by atoms with Crippen molar-refractivity contribution in [2.75, 3.05) is 7.11 Å². The summed E-state index contributed by atoms with van der Waals surface area (Å²) in [6, 6.07) is 23.8. The first kappa shape index (κ1) is 20.1.